The van der Waals surface area contributed by atoms with Crippen LogP contribution in [0, 0.1) is 5.92 Å². The molecular formula is C13H24O3. The Morgan fingerprint density at radius 2 is 1.94 bits per heavy atom. The second-order valence-electron chi connectivity index (χ2n) is 4.62. The van der Waals surface area contributed by atoms with E-state index < -0.39 is 5.79 Å². The summed E-state index contributed by atoms with van der Waals surface area (Å²) in [5, 5.41) is 0. The fraction of sp³-hybridized carbons (Fsp3) is 0.923. The number of carbonyl (C=O) groups excluding carboxylic acids is 1. The lowest BCUT2D eigenvalue weighted by atomic mass is 9.92. The smallest absolute Gasteiger partial charge is 0.171 e. The lowest BCUT2D eigenvalue weighted by Crippen LogP contribution is -2.38. The van der Waals surface area contributed by atoms with Crippen LogP contribution in [0.25, 0.3) is 0 Å². The van der Waals surface area contributed by atoms with E-state index in [4.69, 9.17) is 9.47 Å². The van der Waals surface area contributed by atoms with Crippen LogP contribution in [0.4, 0.5) is 0 Å². The summed E-state index contributed by atoms with van der Waals surface area (Å²) in [6.07, 6.45) is 7.24. The van der Waals surface area contributed by atoms with Gasteiger partial charge < -0.3 is 14.3 Å². The molecule has 1 atom stereocenters. The third-order valence-corrected chi connectivity index (χ3v) is 3.36. The summed E-state index contributed by atoms with van der Waals surface area (Å²) < 4.78 is 11.5. The zero-order valence-corrected chi connectivity index (χ0v) is 10.5. The molecule has 0 aromatic rings. The van der Waals surface area contributed by atoms with Crippen molar-refractivity contribution in [2.75, 3.05) is 13.2 Å². The van der Waals surface area contributed by atoms with E-state index in [0.717, 1.165) is 19.1 Å². The highest BCUT2D eigenvalue weighted by atomic mass is 16.7. The van der Waals surface area contributed by atoms with Gasteiger partial charge in [0, 0.05) is 18.8 Å². The summed E-state index contributed by atoms with van der Waals surface area (Å²) in [6.45, 7) is 5.57. The van der Waals surface area contributed by atoms with Crippen LogP contribution in [0.1, 0.15) is 52.4 Å². The van der Waals surface area contributed by atoms with Gasteiger partial charge in [0.15, 0.2) is 5.79 Å². The maximum absolute atomic E-state index is 10.6. The Hall–Kier alpha value is -0.410. The molecular weight excluding hydrogens is 204 g/mol. The van der Waals surface area contributed by atoms with Crippen LogP contribution in [-0.4, -0.2) is 25.3 Å². The second kappa shape index (κ2) is 7.02. The highest BCUT2D eigenvalue weighted by molar-refractivity contribution is 5.49. The molecule has 1 aliphatic rings. The van der Waals surface area contributed by atoms with E-state index >= 15 is 0 Å². The molecule has 0 spiro atoms. The van der Waals surface area contributed by atoms with Crippen molar-refractivity contribution in [3.63, 3.8) is 0 Å². The molecule has 3 heteroatoms. The van der Waals surface area contributed by atoms with Crippen molar-refractivity contribution in [2.45, 2.75) is 58.2 Å². The summed E-state index contributed by atoms with van der Waals surface area (Å²) >= 11 is 0. The summed E-state index contributed by atoms with van der Waals surface area (Å²) in [7, 11) is 0. The Morgan fingerprint density at radius 1 is 1.25 bits per heavy atom. The molecule has 1 saturated heterocycles. The first-order valence-corrected chi connectivity index (χ1v) is 6.46. The number of aldehydes is 1. The molecule has 1 fully saturated rings. The summed E-state index contributed by atoms with van der Waals surface area (Å²) in [6, 6.07) is 0. The molecule has 1 rings (SSSR count). The van der Waals surface area contributed by atoms with Gasteiger partial charge in [0.05, 0.1) is 13.2 Å². The van der Waals surface area contributed by atoms with Crippen molar-refractivity contribution in [2.24, 2.45) is 5.92 Å². The fourth-order valence-corrected chi connectivity index (χ4v) is 2.27. The van der Waals surface area contributed by atoms with Gasteiger partial charge in [-0.1, -0.05) is 33.1 Å². The minimum Gasteiger partial charge on any atom is -0.347 e. The van der Waals surface area contributed by atoms with Gasteiger partial charge in [0.1, 0.15) is 6.29 Å². The SMILES string of the molecule is CCCCCCC1(C(C)CC=O)OCCO1. The number of ether oxygens (including phenoxy) is 2. The topological polar surface area (TPSA) is 35.5 Å². The molecule has 16 heavy (non-hydrogen) atoms. The molecule has 3 nitrogen and oxygen atoms in total. The molecule has 0 radical (unpaired) electrons. The molecule has 0 aliphatic carbocycles. The van der Waals surface area contributed by atoms with Gasteiger partial charge in [0.25, 0.3) is 0 Å². The number of carbonyl (C=O) groups is 1. The maximum Gasteiger partial charge on any atom is 0.171 e. The Kier molecular flexibility index (Phi) is 5.99. The maximum atomic E-state index is 10.6. The van der Waals surface area contributed by atoms with Crippen molar-refractivity contribution < 1.29 is 14.3 Å². The van der Waals surface area contributed by atoms with E-state index in [1.165, 1.54) is 19.3 Å². The Balaban J connectivity index is 2.41. The molecule has 94 valence electrons. The van der Waals surface area contributed by atoms with Crippen LogP contribution in [0.15, 0.2) is 0 Å². The molecule has 0 bridgehead atoms. The first-order chi connectivity index (χ1) is 7.75. The van der Waals surface area contributed by atoms with Crippen LogP contribution in [0.2, 0.25) is 0 Å². The van der Waals surface area contributed by atoms with E-state index in [9.17, 15) is 4.79 Å². The average Bonchev–Trinajstić information content (AvgIpc) is 2.75. The Labute approximate surface area is 98.5 Å². The van der Waals surface area contributed by atoms with E-state index in [1.807, 2.05) is 6.92 Å². The van der Waals surface area contributed by atoms with Gasteiger partial charge in [-0.05, 0) is 6.42 Å². The van der Waals surface area contributed by atoms with Gasteiger partial charge in [-0.25, -0.2) is 0 Å². The average molecular weight is 228 g/mol. The van der Waals surface area contributed by atoms with Crippen molar-refractivity contribution >= 4 is 6.29 Å². The fourth-order valence-electron chi connectivity index (χ4n) is 2.27. The predicted octanol–water partition coefficient (Wildman–Crippen LogP) is 2.93. The monoisotopic (exact) mass is 228 g/mol. The van der Waals surface area contributed by atoms with Crippen LogP contribution < -0.4 is 0 Å². The third-order valence-electron chi connectivity index (χ3n) is 3.36. The van der Waals surface area contributed by atoms with Gasteiger partial charge in [-0.3, -0.25) is 0 Å². The summed E-state index contributed by atoms with van der Waals surface area (Å²) in [4.78, 5) is 10.6. The van der Waals surface area contributed by atoms with E-state index in [-0.39, 0.29) is 5.92 Å². The second-order valence-corrected chi connectivity index (χ2v) is 4.62. The Morgan fingerprint density at radius 3 is 2.50 bits per heavy atom. The first kappa shape index (κ1) is 13.7. The van der Waals surface area contributed by atoms with Crippen LogP contribution in [0.5, 0.6) is 0 Å². The van der Waals surface area contributed by atoms with Crippen molar-refractivity contribution in [3.8, 4) is 0 Å². The molecule has 0 saturated carbocycles. The first-order valence-electron chi connectivity index (χ1n) is 6.46. The van der Waals surface area contributed by atoms with Gasteiger partial charge in [0.2, 0.25) is 0 Å². The largest absolute Gasteiger partial charge is 0.347 e. The summed E-state index contributed by atoms with van der Waals surface area (Å²) in [5.41, 5.74) is 0. The minimum atomic E-state index is -0.478. The molecule has 1 unspecified atom stereocenters. The number of hydrogen-bond acceptors (Lipinski definition) is 3. The molecule has 0 amide bonds. The van der Waals surface area contributed by atoms with E-state index in [1.54, 1.807) is 0 Å². The molecule has 0 aromatic heterocycles. The van der Waals surface area contributed by atoms with Crippen molar-refractivity contribution in [1.29, 1.82) is 0 Å². The normalized spacial score (nSPS) is 20.9. The van der Waals surface area contributed by atoms with Crippen LogP contribution in [-0.2, 0) is 14.3 Å². The van der Waals surface area contributed by atoms with Crippen molar-refractivity contribution in [3.05, 3.63) is 0 Å². The molecule has 0 N–H and O–H groups in total. The minimum absolute atomic E-state index is 0.161. The van der Waals surface area contributed by atoms with Gasteiger partial charge in [-0.2, -0.15) is 0 Å². The van der Waals surface area contributed by atoms with E-state index in [0.29, 0.717) is 19.6 Å². The van der Waals surface area contributed by atoms with Gasteiger partial charge >= 0.3 is 0 Å². The lowest BCUT2D eigenvalue weighted by Gasteiger charge is -2.32. The zero-order valence-electron chi connectivity index (χ0n) is 10.5. The standard InChI is InChI=1S/C13H24O3/c1-3-4-5-6-8-13(12(2)7-9-14)15-10-11-16-13/h9,12H,3-8,10-11H2,1-2H3. The predicted molar refractivity (Wildman–Crippen MR) is 63.2 cm³/mol. The molecule has 1 aliphatic heterocycles. The van der Waals surface area contributed by atoms with E-state index in [2.05, 4.69) is 6.92 Å². The molecule has 1 heterocycles. The summed E-state index contributed by atoms with van der Waals surface area (Å²) in [5.74, 6) is -0.316. The Bertz CT molecular complexity index is 197. The molecule has 0 aromatic carbocycles. The number of rotatable bonds is 8. The number of hydrogen-bond donors (Lipinski definition) is 0. The third kappa shape index (κ3) is 3.56. The van der Waals surface area contributed by atoms with Crippen LogP contribution in [0.3, 0.4) is 0 Å². The highest BCUT2D eigenvalue weighted by Gasteiger charge is 2.40. The zero-order chi connectivity index (χ0) is 11.9. The number of unbranched alkanes of at least 4 members (excludes halogenated alkanes) is 3. The van der Waals surface area contributed by atoms with Crippen LogP contribution >= 0.6 is 0 Å². The van der Waals surface area contributed by atoms with Gasteiger partial charge in [-0.15, -0.1) is 0 Å². The lowest BCUT2D eigenvalue weighted by molar-refractivity contribution is -0.197. The van der Waals surface area contributed by atoms with Crippen molar-refractivity contribution in [1.82, 2.24) is 0 Å². The quantitative estimate of drug-likeness (QED) is 0.473. The highest BCUT2D eigenvalue weighted by Crippen LogP contribution is 2.34.